The number of aliphatic hydroxyl groups excluding tert-OH is 1. The van der Waals surface area contributed by atoms with Crippen molar-refractivity contribution in [2.45, 2.75) is 44.9 Å². The minimum absolute atomic E-state index is 0.218. The van der Waals surface area contributed by atoms with E-state index in [2.05, 4.69) is 15.6 Å². The number of hydrogen-bond donors (Lipinski definition) is 4. The van der Waals surface area contributed by atoms with Crippen LogP contribution in [-0.4, -0.2) is 40.2 Å². The molecule has 28 heavy (non-hydrogen) atoms. The zero-order valence-electron chi connectivity index (χ0n) is 16.2. The van der Waals surface area contributed by atoms with Crippen LogP contribution in [0.1, 0.15) is 36.3 Å². The number of carbonyl (C=O) groups excluding carboxylic acids is 2. The smallest absolute Gasteiger partial charge is 0.312 e. The van der Waals surface area contributed by atoms with E-state index in [1.807, 2.05) is 44.2 Å². The van der Waals surface area contributed by atoms with Gasteiger partial charge < -0.3 is 21.5 Å². The highest BCUT2D eigenvalue weighted by Gasteiger charge is 2.31. The molecular weight excluding hydrogens is 356 g/mol. The molecule has 5 N–H and O–H groups in total. The number of aliphatic hydroxyl groups is 1. The van der Waals surface area contributed by atoms with Crippen molar-refractivity contribution < 1.29 is 14.7 Å². The van der Waals surface area contributed by atoms with Crippen molar-refractivity contribution in [1.82, 2.24) is 15.6 Å². The lowest BCUT2D eigenvalue weighted by molar-refractivity contribution is 0.0682. The number of rotatable bonds is 9. The Balaban J connectivity index is 2.24. The fraction of sp³-hybridized carbons (Fsp3) is 0.381. The molecule has 7 heteroatoms. The second-order valence-corrected chi connectivity index (χ2v) is 7.22. The Bertz CT molecular complexity index is 753. The van der Waals surface area contributed by atoms with Crippen molar-refractivity contribution in [2.24, 2.45) is 11.7 Å². The van der Waals surface area contributed by atoms with Gasteiger partial charge in [0.25, 0.3) is 5.91 Å². The third-order valence-electron chi connectivity index (χ3n) is 4.39. The molecule has 1 heterocycles. The van der Waals surface area contributed by atoms with Gasteiger partial charge in [0.05, 0.1) is 18.2 Å². The Kier molecular flexibility index (Phi) is 7.95. The van der Waals surface area contributed by atoms with E-state index < -0.39 is 24.2 Å². The maximum absolute atomic E-state index is 12.6. The Morgan fingerprint density at radius 2 is 1.71 bits per heavy atom. The van der Waals surface area contributed by atoms with Gasteiger partial charge >= 0.3 is 6.03 Å². The lowest BCUT2D eigenvalue weighted by Gasteiger charge is -2.32. The number of hydrogen-bond acceptors (Lipinski definition) is 4. The van der Waals surface area contributed by atoms with Crippen LogP contribution in [0.15, 0.2) is 54.7 Å². The van der Waals surface area contributed by atoms with E-state index >= 15 is 0 Å². The minimum atomic E-state index is -1.03. The van der Waals surface area contributed by atoms with Crippen LogP contribution in [0.5, 0.6) is 0 Å². The van der Waals surface area contributed by atoms with Gasteiger partial charge in [-0.3, -0.25) is 9.78 Å². The first-order chi connectivity index (χ1) is 13.4. The van der Waals surface area contributed by atoms with Gasteiger partial charge in [-0.05, 0) is 36.5 Å². The van der Waals surface area contributed by atoms with Gasteiger partial charge in [-0.2, -0.15) is 0 Å². The van der Waals surface area contributed by atoms with Gasteiger partial charge in [-0.25, -0.2) is 4.79 Å². The highest BCUT2D eigenvalue weighted by Crippen LogP contribution is 2.15. The maximum Gasteiger partial charge on any atom is 0.312 e. The fourth-order valence-electron chi connectivity index (χ4n) is 3.12. The Hall–Kier alpha value is -2.93. The van der Waals surface area contributed by atoms with E-state index in [1.54, 1.807) is 18.2 Å². The molecule has 2 aromatic rings. The Morgan fingerprint density at radius 1 is 1.04 bits per heavy atom. The van der Waals surface area contributed by atoms with E-state index in [0.29, 0.717) is 12.8 Å². The van der Waals surface area contributed by atoms with Gasteiger partial charge in [-0.15, -0.1) is 0 Å². The van der Waals surface area contributed by atoms with E-state index in [9.17, 15) is 14.7 Å². The van der Waals surface area contributed by atoms with Gasteiger partial charge in [0.15, 0.2) is 0 Å². The fourth-order valence-corrected chi connectivity index (χ4v) is 3.12. The molecule has 150 valence electrons. The molecule has 0 radical (unpaired) electrons. The molecule has 0 saturated carbocycles. The Morgan fingerprint density at radius 3 is 2.29 bits per heavy atom. The lowest BCUT2D eigenvalue weighted by atomic mass is 9.91. The van der Waals surface area contributed by atoms with Crippen LogP contribution in [0, 0.1) is 5.92 Å². The van der Waals surface area contributed by atoms with Crippen LogP contribution < -0.4 is 16.4 Å². The van der Waals surface area contributed by atoms with Crippen LogP contribution in [0.3, 0.4) is 0 Å². The summed E-state index contributed by atoms with van der Waals surface area (Å²) in [7, 11) is 0. The molecule has 0 fully saturated rings. The average molecular weight is 384 g/mol. The zero-order chi connectivity index (χ0) is 20.5. The number of nitrogens with two attached hydrogens (primary N) is 1. The van der Waals surface area contributed by atoms with Gasteiger partial charge in [-0.1, -0.05) is 50.2 Å². The van der Waals surface area contributed by atoms with Crippen LogP contribution in [0.2, 0.25) is 0 Å². The monoisotopic (exact) mass is 384 g/mol. The topological polar surface area (TPSA) is 117 Å². The highest BCUT2D eigenvalue weighted by atomic mass is 16.3. The van der Waals surface area contributed by atoms with Crippen molar-refractivity contribution >= 4 is 11.9 Å². The molecule has 0 spiro atoms. The first-order valence-corrected chi connectivity index (χ1v) is 9.36. The molecule has 0 aliphatic rings. The molecule has 3 amide bonds. The van der Waals surface area contributed by atoms with E-state index in [1.165, 1.54) is 6.20 Å². The molecule has 1 aromatic carbocycles. The van der Waals surface area contributed by atoms with Crippen LogP contribution >= 0.6 is 0 Å². The number of benzene rings is 1. The first-order valence-electron chi connectivity index (χ1n) is 9.36. The molecular formula is C21H28N4O3. The highest BCUT2D eigenvalue weighted by molar-refractivity contribution is 5.92. The standard InChI is InChI=1S/C21H28N4O3/c1-14(2)12-17(25-21(22)28)19(26)18(13-15-8-4-3-5-9-15)24-20(27)16-10-6-7-11-23-16/h3-11,14,17-19,26H,12-13H2,1-2H3,(H,24,27)(H3,22,25,28)/t17-,18+,19+/m1/s1. The summed E-state index contributed by atoms with van der Waals surface area (Å²) in [6.07, 6.45) is 1.43. The second-order valence-electron chi connectivity index (χ2n) is 7.22. The maximum atomic E-state index is 12.6. The summed E-state index contributed by atoms with van der Waals surface area (Å²) >= 11 is 0. The number of aromatic nitrogens is 1. The van der Waals surface area contributed by atoms with Crippen molar-refractivity contribution in [2.75, 3.05) is 0 Å². The van der Waals surface area contributed by atoms with Gasteiger partial charge in [0.1, 0.15) is 5.69 Å². The second kappa shape index (κ2) is 10.4. The summed E-state index contributed by atoms with van der Waals surface area (Å²) in [5.41, 5.74) is 6.51. The predicted molar refractivity (Wildman–Crippen MR) is 108 cm³/mol. The van der Waals surface area contributed by atoms with Crippen LogP contribution in [0.4, 0.5) is 4.79 Å². The molecule has 0 saturated heterocycles. The first kappa shape index (κ1) is 21.4. The summed E-state index contributed by atoms with van der Waals surface area (Å²) in [5.74, 6) is -0.168. The third kappa shape index (κ3) is 6.66. The number of primary amides is 1. The van der Waals surface area contributed by atoms with E-state index in [-0.39, 0.29) is 17.5 Å². The SMILES string of the molecule is CC(C)C[C@@H](NC(N)=O)[C@H](O)[C@H](Cc1ccccc1)NC(=O)c1ccccn1. The zero-order valence-corrected chi connectivity index (χ0v) is 16.2. The van der Waals surface area contributed by atoms with E-state index in [4.69, 9.17) is 5.73 Å². The molecule has 0 bridgehead atoms. The quantitative estimate of drug-likeness (QED) is 0.528. The average Bonchev–Trinajstić information content (AvgIpc) is 2.67. The lowest BCUT2D eigenvalue weighted by Crippen LogP contribution is -2.56. The van der Waals surface area contributed by atoms with Crippen LogP contribution in [-0.2, 0) is 6.42 Å². The van der Waals surface area contributed by atoms with Crippen molar-refractivity contribution in [3.8, 4) is 0 Å². The number of nitrogens with one attached hydrogen (secondary N) is 2. The van der Waals surface area contributed by atoms with Crippen LogP contribution in [0.25, 0.3) is 0 Å². The van der Waals surface area contributed by atoms with E-state index in [0.717, 1.165) is 5.56 Å². The minimum Gasteiger partial charge on any atom is -0.389 e. The third-order valence-corrected chi connectivity index (χ3v) is 4.39. The molecule has 3 atom stereocenters. The van der Waals surface area contributed by atoms with Crippen molar-refractivity contribution in [1.29, 1.82) is 0 Å². The van der Waals surface area contributed by atoms with Gasteiger partial charge in [0, 0.05) is 6.20 Å². The number of urea groups is 1. The number of pyridine rings is 1. The largest absolute Gasteiger partial charge is 0.389 e. The molecule has 2 rings (SSSR count). The molecule has 0 aliphatic heterocycles. The molecule has 1 aromatic heterocycles. The molecule has 0 aliphatic carbocycles. The number of carbonyl (C=O) groups is 2. The van der Waals surface area contributed by atoms with Crippen molar-refractivity contribution in [3.05, 3.63) is 66.0 Å². The normalized spacial score (nSPS) is 14.1. The van der Waals surface area contributed by atoms with Gasteiger partial charge in [0.2, 0.25) is 0 Å². The summed E-state index contributed by atoms with van der Waals surface area (Å²) in [4.78, 5) is 28.1. The number of nitrogens with zero attached hydrogens (tertiary/aromatic N) is 1. The summed E-state index contributed by atoms with van der Waals surface area (Å²) in [5, 5.41) is 16.5. The van der Waals surface area contributed by atoms with Crippen molar-refractivity contribution in [3.63, 3.8) is 0 Å². The number of amides is 3. The summed E-state index contributed by atoms with van der Waals surface area (Å²) in [6, 6.07) is 12.7. The Labute approximate surface area is 165 Å². The summed E-state index contributed by atoms with van der Waals surface area (Å²) < 4.78 is 0. The molecule has 7 nitrogen and oxygen atoms in total. The summed E-state index contributed by atoms with van der Waals surface area (Å²) in [6.45, 7) is 3.97. The predicted octanol–water partition coefficient (Wildman–Crippen LogP) is 1.87. The molecule has 0 unspecified atom stereocenters.